The maximum absolute atomic E-state index is 11.9. The third-order valence-corrected chi connectivity index (χ3v) is 3.58. The molecule has 0 saturated carbocycles. The summed E-state index contributed by atoms with van der Waals surface area (Å²) in [5.74, 6) is 0.373. The lowest BCUT2D eigenvalue weighted by Gasteiger charge is -2.07. The minimum atomic E-state index is 0.101. The van der Waals surface area contributed by atoms with Gasteiger partial charge in [0.2, 0.25) is 0 Å². The van der Waals surface area contributed by atoms with Crippen molar-refractivity contribution in [2.24, 2.45) is 5.92 Å². The highest BCUT2D eigenvalue weighted by molar-refractivity contribution is 7.10. The standard InChI is InChI=1S/C12H14OS/c1-8(2)12(13)10-7-14-11-6-4-3-5-9(10)11/h3,5,7-8H,4,6H2,1-2H3. The molecule has 14 heavy (non-hydrogen) atoms. The molecular formula is C12H14OS. The van der Waals surface area contributed by atoms with E-state index in [1.165, 1.54) is 10.4 Å². The zero-order chi connectivity index (χ0) is 10.1. The third kappa shape index (κ3) is 1.55. The molecule has 0 spiro atoms. The van der Waals surface area contributed by atoms with Crippen molar-refractivity contribution in [3.05, 3.63) is 27.5 Å². The van der Waals surface area contributed by atoms with Crippen LogP contribution in [0.3, 0.4) is 0 Å². The largest absolute Gasteiger partial charge is 0.294 e. The van der Waals surface area contributed by atoms with E-state index in [-0.39, 0.29) is 11.7 Å². The fourth-order valence-corrected chi connectivity index (χ4v) is 2.74. The summed E-state index contributed by atoms with van der Waals surface area (Å²) in [6.07, 6.45) is 6.47. The lowest BCUT2D eigenvalue weighted by Crippen LogP contribution is -2.08. The molecule has 1 aromatic rings. The Bertz CT molecular complexity index is 385. The van der Waals surface area contributed by atoms with Crippen LogP contribution in [0.4, 0.5) is 0 Å². The molecule has 74 valence electrons. The summed E-state index contributed by atoms with van der Waals surface area (Å²) in [7, 11) is 0. The molecule has 1 aromatic heterocycles. The van der Waals surface area contributed by atoms with Crippen LogP contribution in [-0.2, 0) is 6.42 Å². The van der Waals surface area contributed by atoms with Crippen molar-refractivity contribution in [2.75, 3.05) is 0 Å². The van der Waals surface area contributed by atoms with Crippen LogP contribution in [0.2, 0.25) is 0 Å². The molecular weight excluding hydrogens is 192 g/mol. The van der Waals surface area contributed by atoms with Crippen LogP contribution in [-0.4, -0.2) is 5.78 Å². The zero-order valence-electron chi connectivity index (χ0n) is 8.54. The molecule has 2 heteroatoms. The van der Waals surface area contributed by atoms with Gasteiger partial charge in [0.25, 0.3) is 0 Å². The monoisotopic (exact) mass is 206 g/mol. The Morgan fingerprint density at radius 1 is 1.50 bits per heavy atom. The molecule has 0 fully saturated rings. The Morgan fingerprint density at radius 3 is 3.00 bits per heavy atom. The Kier molecular flexibility index (Phi) is 2.55. The van der Waals surface area contributed by atoms with Crippen LogP contribution in [0.1, 0.15) is 41.1 Å². The van der Waals surface area contributed by atoms with Gasteiger partial charge in [-0.05, 0) is 18.4 Å². The summed E-state index contributed by atoms with van der Waals surface area (Å²) in [5, 5.41) is 2.02. The number of carbonyl (C=O) groups is 1. The van der Waals surface area contributed by atoms with E-state index in [1.807, 2.05) is 19.2 Å². The lowest BCUT2D eigenvalue weighted by molar-refractivity contribution is 0.0939. The van der Waals surface area contributed by atoms with Gasteiger partial charge in [-0.25, -0.2) is 0 Å². The summed E-state index contributed by atoms with van der Waals surface area (Å²) in [5.41, 5.74) is 2.11. The molecule has 0 saturated heterocycles. The summed E-state index contributed by atoms with van der Waals surface area (Å²) < 4.78 is 0. The first kappa shape index (κ1) is 9.66. The molecule has 0 N–H and O–H groups in total. The van der Waals surface area contributed by atoms with Crippen LogP contribution < -0.4 is 0 Å². The van der Waals surface area contributed by atoms with Gasteiger partial charge in [-0.15, -0.1) is 11.3 Å². The van der Waals surface area contributed by atoms with Gasteiger partial charge in [0.15, 0.2) is 5.78 Å². The van der Waals surface area contributed by atoms with Crippen LogP contribution in [0.15, 0.2) is 11.5 Å². The number of aryl methyl sites for hydroxylation is 1. The molecule has 0 aliphatic heterocycles. The Hall–Kier alpha value is -0.890. The van der Waals surface area contributed by atoms with E-state index in [0.717, 1.165) is 18.4 Å². The number of thiophene rings is 1. The highest BCUT2D eigenvalue weighted by Crippen LogP contribution is 2.30. The van der Waals surface area contributed by atoms with Gasteiger partial charge in [-0.2, -0.15) is 0 Å². The molecule has 1 aliphatic rings. The smallest absolute Gasteiger partial charge is 0.166 e. The fraction of sp³-hybridized carbons (Fsp3) is 0.417. The molecule has 2 rings (SSSR count). The van der Waals surface area contributed by atoms with E-state index in [2.05, 4.69) is 12.2 Å². The minimum absolute atomic E-state index is 0.101. The Labute approximate surface area is 88.5 Å². The molecule has 1 nitrogen and oxygen atoms in total. The lowest BCUT2D eigenvalue weighted by atomic mass is 9.96. The molecule has 0 bridgehead atoms. The van der Waals surface area contributed by atoms with E-state index in [0.29, 0.717) is 0 Å². The average Bonchev–Trinajstić information content (AvgIpc) is 2.60. The second-order valence-corrected chi connectivity index (χ2v) is 4.91. The zero-order valence-corrected chi connectivity index (χ0v) is 9.36. The highest BCUT2D eigenvalue weighted by Gasteiger charge is 2.19. The number of allylic oxidation sites excluding steroid dienone is 1. The van der Waals surface area contributed by atoms with Crippen LogP contribution in [0.25, 0.3) is 6.08 Å². The van der Waals surface area contributed by atoms with Gasteiger partial charge in [0.05, 0.1) is 0 Å². The number of carbonyl (C=O) groups excluding carboxylic acids is 1. The summed E-state index contributed by atoms with van der Waals surface area (Å²) in [4.78, 5) is 13.2. The summed E-state index contributed by atoms with van der Waals surface area (Å²) in [6, 6.07) is 0. The van der Waals surface area contributed by atoms with Gasteiger partial charge in [0.1, 0.15) is 0 Å². The van der Waals surface area contributed by atoms with E-state index < -0.39 is 0 Å². The van der Waals surface area contributed by atoms with E-state index in [9.17, 15) is 4.79 Å². The molecule has 0 radical (unpaired) electrons. The molecule has 0 atom stereocenters. The van der Waals surface area contributed by atoms with Crippen molar-refractivity contribution < 1.29 is 4.79 Å². The number of ketones is 1. The van der Waals surface area contributed by atoms with Gasteiger partial charge >= 0.3 is 0 Å². The first-order chi connectivity index (χ1) is 6.70. The van der Waals surface area contributed by atoms with Crippen LogP contribution >= 0.6 is 11.3 Å². The number of hydrogen-bond donors (Lipinski definition) is 0. The topological polar surface area (TPSA) is 17.1 Å². The fourth-order valence-electron chi connectivity index (χ4n) is 1.70. The van der Waals surface area contributed by atoms with Gasteiger partial charge < -0.3 is 0 Å². The van der Waals surface area contributed by atoms with Crippen molar-refractivity contribution in [1.82, 2.24) is 0 Å². The Balaban J connectivity index is 2.42. The second-order valence-electron chi connectivity index (χ2n) is 3.95. The number of hydrogen-bond acceptors (Lipinski definition) is 2. The minimum Gasteiger partial charge on any atom is -0.294 e. The molecule has 0 amide bonds. The third-order valence-electron chi connectivity index (χ3n) is 2.52. The SMILES string of the molecule is CC(C)C(=O)c1csc2c1C=CCC2. The van der Waals surface area contributed by atoms with Crippen LogP contribution in [0, 0.1) is 5.92 Å². The van der Waals surface area contributed by atoms with Crippen molar-refractivity contribution in [2.45, 2.75) is 26.7 Å². The van der Waals surface area contributed by atoms with E-state index in [1.54, 1.807) is 11.3 Å². The van der Waals surface area contributed by atoms with Gasteiger partial charge in [-0.1, -0.05) is 26.0 Å². The maximum Gasteiger partial charge on any atom is 0.166 e. The Morgan fingerprint density at radius 2 is 2.29 bits per heavy atom. The molecule has 0 unspecified atom stereocenters. The second kappa shape index (κ2) is 3.70. The normalized spacial score (nSPS) is 14.5. The van der Waals surface area contributed by atoms with E-state index in [4.69, 9.17) is 0 Å². The van der Waals surface area contributed by atoms with Crippen molar-refractivity contribution >= 4 is 23.2 Å². The first-order valence-electron chi connectivity index (χ1n) is 5.01. The van der Waals surface area contributed by atoms with Crippen molar-refractivity contribution in [3.8, 4) is 0 Å². The quantitative estimate of drug-likeness (QED) is 0.676. The molecule has 1 aliphatic carbocycles. The number of Topliss-reactive ketones (excluding diaryl/α,β-unsaturated/α-hetero) is 1. The van der Waals surface area contributed by atoms with Crippen molar-refractivity contribution in [1.29, 1.82) is 0 Å². The highest BCUT2D eigenvalue weighted by atomic mass is 32.1. The van der Waals surface area contributed by atoms with Crippen LogP contribution in [0.5, 0.6) is 0 Å². The van der Waals surface area contributed by atoms with Crippen molar-refractivity contribution in [3.63, 3.8) is 0 Å². The summed E-state index contributed by atoms with van der Waals surface area (Å²) >= 11 is 1.73. The maximum atomic E-state index is 11.9. The predicted molar refractivity (Wildman–Crippen MR) is 60.8 cm³/mol. The first-order valence-corrected chi connectivity index (χ1v) is 5.89. The predicted octanol–water partition coefficient (Wildman–Crippen LogP) is 3.55. The molecule has 0 aromatic carbocycles. The number of rotatable bonds is 2. The number of fused-ring (bicyclic) bond motifs is 1. The van der Waals surface area contributed by atoms with Gasteiger partial charge in [0, 0.05) is 21.7 Å². The molecule has 1 heterocycles. The van der Waals surface area contributed by atoms with Gasteiger partial charge in [-0.3, -0.25) is 4.79 Å². The van der Waals surface area contributed by atoms with E-state index >= 15 is 0 Å². The average molecular weight is 206 g/mol. The summed E-state index contributed by atoms with van der Waals surface area (Å²) in [6.45, 7) is 3.91.